The molecule has 0 amide bonds. The first-order valence-corrected chi connectivity index (χ1v) is 8.55. The average molecular weight is 347 g/mol. The van der Waals surface area contributed by atoms with Gasteiger partial charge in [0.1, 0.15) is 5.82 Å². The molecule has 7 heteroatoms. The number of aromatic amines is 1. The van der Waals surface area contributed by atoms with Crippen molar-refractivity contribution >= 4 is 10.9 Å². The molecule has 3 rings (SSSR count). The summed E-state index contributed by atoms with van der Waals surface area (Å²) < 4.78 is 16.3. The monoisotopic (exact) mass is 347 g/mol. The third-order valence-corrected chi connectivity index (χ3v) is 4.47. The molecule has 0 aliphatic carbocycles. The second kappa shape index (κ2) is 7.84. The summed E-state index contributed by atoms with van der Waals surface area (Å²) in [5.41, 5.74) is 0.419. The van der Waals surface area contributed by atoms with Crippen molar-refractivity contribution < 1.29 is 14.2 Å². The number of fused-ring (bicyclic) bond motifs is 1. The van der Waals surface area contributed by atoms with Crippen molar-refractivity contribution in [3.05, 3.63) is 28.3 Å². The quantitative estimate of drug-likeness (QED) is 0.861. The summed E-state index contributed by atoms with van der Waals surface area (Å²) in [5, 5.41) is 0.486. The third kappa shape index (κ3) is 4.11. The third-order valence-electron chi connectivity index (χ3n) is 4.47. The molecule has 0 unspecified atom stereocenters. The van der Waals surface area contributed by atoms with E-state index in [1.54, 1.807) is 26.4 Å². The van der Waals surface area contributed by atoms with Crippen LogP contribution in [-0.2, 0) is 11.3 Å². The van der Waals surface area contributed by atoms with Crippen molar-refractivity contribution in [3.63, 3.8) is 0 Å². The molecule has 1 atom stereocenters. The lowest BCUT2D eigenvalue weighted by Crippen LogP contribution is -2.33. The van der Waals surface area contributed by atoms with Crippen LogP contribution >= 0.6 is 0 Å². The van der Waals surface area contributed by atoms with Gasteiger partial charge in [-0.1, -0.05) is 0 Å². The lowest BCUT2D eigenvalue weighted by atomic mass is 10.1. The molecule has 2 aromatic rings. The highest BCUT2D eigenvalue weighted by atomic mass is 16.5. The van der Waals surface area contributed by atoms with Gasteiger partial charge in [-0.05, 0) is 32.4 Å². The van der Waals surface area contributed by atoms with Gasteiger partial charge in [-0.3, -0.25) is 9.69 Å². The number of nitrogens with one attached hydrogen (secondary N) is 1. The fourth-order valence-corrected chi connectivity index (χ4v) is 3.21. The second-order valence-corrected chi connectivity index (χ2v) is 6.42. The Morgan fingerprint density at radius 2 is 2.04 bits per heavy atom. The van der Waals surface area contributed by atoms with Gasteiger partial charge >= 0.3 is 0 Å². The Morgan fingerprint density at radius 3 is 2.72 bits per heavy atom. The summed E-state index contributed by atoms with van der Waals surface area (Å²) in [6.45, 7) is 2.22. The predicted octanol–water partition coefficient (Wildman–Crippen LogP) is 1.94. The smallest absolute Gasteiger partial charge is 0.258 e. The van der Waals surface area contributed by atoms with E-state index in [1.165, 1.54) is 6.42 Å². The number of benzene rings is 1. The van der Waals surface area contributed by atoms with E-state index in [9.17, 15) is 4.79 Å². The standard InChI is InChI=1S/C18H25N3O4/c1-21(10-12-6-4-5-7-25-12)11-17-19-14-9-16(24-3)15(23-2)8-13(14)18(22)20-17/h8-9,12H,4-7,10-11H2,1-3H3,(H,19,20,22)/t12-/m0/s1. The number of H-pyrrole nitrogens is 1. The van der Waals surface area contributed by atoms with Gasteiger partial charge in [-0.15, -0.1) is 0 Å². The normalized spacial score (nSPS) is 17.8. The molecule has 1 saturated heterocycles. The highest BCUT2D eigenvalue weighted by Crippen LogP contribution is 2.29. The van der Waals surface area contributed by atoms with Crippen LogP contribution in [0, 0.1) is 0 Å². The van der Waals surface area contributed by atoms with E-state index in [1.807, 2.05) is 7.05 Å². The summed E-state index contributed by atoms with van der Waals surface area (Å²) in [5.74, 6) is 1.70. The van der Waals surface area contributed by atoms with E-state index < -0.39 is 0 Å². The summed E-state index contributed by atoms with van der Waals surface area (Å²) in [4.78, 5) is 22.0. The van der Waals surface area contributed by atoms with Gasteiger partial charge in [0, 0.05) is 19.2 Å². The zero-order valence-corrected chi connectivity index (χ0v) is 15.0. The molecular weight excluding hydrogens is 322 g/mol. The van der Waals surface area contributed by atoms with Crippen LogP contribution in [-0.4, -0.2) is 55.4 Å². The van der Waals surface area contributed by atoms with Gasteiger partial charge in [0.15, 0.2) is 11.5 Å². The van der Waals surface area contributed by atoms with E-state index >= 15 is 0 Å². The molecule has 1 aliphatic heterocycles. The molecule has 0 spiro atoms. The Morgan fingerprint density at radius 1 is 1.28 bits per heavy atom. The highest BCUT2D eigenvalue weighted by Gasteiger charge is 2.17. The van der Waals surface area contributed by atoms with Crippen molar-refractivity contribution in [3.8, 4) is 11.5 Å². The Bertz CT molecular complexity index is 784. The van der Waals surface area contributed by atoms with Crippen LogP contribution in [0.1, 0.15) is 25.1 Å². The molecule has 1 aliphatic rings. The van der Waals surface area contributed by atoms with Crippen LogP contribution in [0.3, 0.4) is 0 Å². The number of hydrogen-bond acceptors (Lipinski definition) is 6. The minimum Gasteiger partial charge on any atom is -0.493 e. The topological polar surface area (TPSA) is 76.7 Å². The first kappa shape index (κ1) is 17.7. The summed E-state index contributed by atoms with van der Waals surface area (Å²) in [7, 11) is 5.12. The van der Waals surface area contributed by atoms with Crippen LogP contribution in [0.4, 0.5) is 0 Å². The Hall–Kier alpha value is -2.12. The van der Waals surface area contributed by atoms with Gasteiger partial charge in [-0.2, -0.15) is 0 Å². The van der Waals surface area contributed by atoms with Crippen molar-refractivity contribution in [1.29, 1.82) is 0 Å². The van der Waals surface area contributed by atoms with Crippen molar-refractivity contribution in [2.24, 2.45) is 0 Å². The van der Waals surface area contributed by atoms with Crippen LogP contribution < -0.4 is 15.0 Å². The van der Waals surface area contributed by atoms with Crippen molar-refractivity contribution in [1.82, 2.24) is 14.9 Å². The van der Waals surface area contributed by atoms with E-state index in [2.05, 4.69) is 14.9 Å². The molecule has 1 aromatic carbocycles. The van der Waals surface area contributed by atoms with E-state index in [0.717, 1.165) is 26.0 Å². The molecule has 1 aromatic heterocycles. The maximum Gasteiger partial charge on any atom is 0.258 e. The molecule has 0 bridgehead atoms. The molecule has 1 N–H and O–H groups in total. The zero-order chi connectivity index (χ0) is 17.8. The van der Waals surface area contributed by atoms with Crippen molar-refractivity contribution in [2.45, 2.75) is 31.9 Å². The molecule has 25 heavy (non-hydrogen) atoms. The number of nitrogens with zero attached hydrogens (tertiary/aromatic N) is 2. The van der Waals surface area contributed by atoms with Crippen LogP contribution in [0.2, 0.25) is 0 Å². The lowest BCUT2D eigenvalue weighted by molar-refractivity contribution is -0.00291. The van der Waals surface area contributed by atoms with E-state index in [0.29, 0.717) is 34.8 Å². The molecule has 1 fully saturated rings. The fourth-order valence-electron chi connectivity index (χ4n) is 3.21. The lowest BCUT2D eigenvalue weighted by Gasteiger charge is -2.27. The predicted molar refractivity (Wildman–Crippen MR) is 95.4 cm³/mol. The number of aromatic nitrogens is 2. The van der Waals surface area contributed by atoms with E-state index in [-0.39, 0.29) is 11.7 Å². The minimum absolute atomic E-state index is 0.178. The number of rotatable bonds is 6. The Balaban J connectivity index is 1.80. The fraction of sp³-hybridized carbons (Fsp3) is 0.556. The van der Waals surface area contributed by atoms with E-state index in [4.69, 9.17) is 14.2 Å². The molecule has 0 saturated carbocycles. The molecule has 2 heterocycles. The van der Waals surface area contributed by atoms with Gasteiger partial charge in [0.25, 0.3) is 5.56 Å². The van der Waals surface area contributed by atoms with Gasteiger partial charge < -0.3 is 19.2 Å². The Kier molecular flexibility index (Phi) is 5.55. The number of likely N-dealkylation sites (N-methyl/N-ethyl adjacent to an activating group) is 1. The highest BCUT2D eigenvalue weighted by molar-refractivity contribution is 5.81. The number of methoxy groups -OCH3 is 2. The van der Waals surface area contributed by atoms with Gasteiger partial charge in [-0.25, -0.2) is 4.98 Å². The maximum absolute atomic E-state index is 12.4. The van der Waals surface area contributed by atoms with Crippen molar-refractivity contribution in [2.75, 3.05) is 34.4 Å². The average Bonchev–Trinajstić information content (AvgIpc) is 2.61. The first-order valence-electron chi connectivity index (χ1n) is 8.55. The largest absolute Gasteiger partial charge is 0.493 e. The maximum atomic E-state index is 12.4. The molecule has 136 valence electrons. The molecule has 7 nitrogen and oxygen atoms in total. The first-order chi connectivity index (χ1) is 12.1. The van der Waals surface area contributed by atoms with Crippen LogP contribution in [0.15, 0.2) is 16.9 Å². The number of hydrogen-bond donors (Lipinski definition) is 1. The van der Waals surface area contributed by atoms with Crippen LogP contribution in [0.5, 0.6) is 11.5 Å². The summed E-state index contributed by atoms with van der Waals surface area (Å²) in [6.07, 6.45) is 3.70. The van der Waals surface area contributed by atoms with Crippen LogP contribution in [0.25, 0.3) is 10.9 Å². The minimum atomic E-state index is -0.178. The number of ether oxygens (including phenoxy) is 3. The van der Waals surface area contributed by atoms with Gasteiger partial charge in [0.2, 0.25) is 0 Å². The second-order valence-electron chi connectivity index (χ2n) is 6.42. The zero-order valence-electron chi connectivity index (χ0n) is 15.0. The summed E-state index contributed by atoms with van der Waals surface area (Å²) >= 11 is 0. The molecule has 0 radical (unpaired) electrons. The Labute approximate surface area is 146 Å². The summed E-state index contributed by atoms with van der Waals surface area (Å²) in [6, 6.07) is 3.39. The van der Waals surface area contributed by atoms with Gasteiger partial charge in [0.05, 0.1) is 37.8 Å². The molecular formula is C18H25N3O4. The SMILES string of the molecule is COc1cc2nc(CN(C)C[C@@H]3CCCCO3)[nH]c(=O)c2cc1OC.